The van der Waals surface area contributed by atoms with Crippen molar-refractivity contribution in [3.05, 3.63) is 20.8 Å². The Labute approximate surface area is 186 Å². The maximum atomic E-state index is 13.7. The lowest BCUT2D eigenvalue weighted by Crippen LogP contribution is -2.40. The van der Waals surface area contributed by atoms with Gasteiger partial charge in [0.05, 0.1) is 11.1 Å². The minimum Gasteiger partial charge on any atom is -0.342 e. The maximum absolute atomic E-state index is 13.7. The van der Waals surface area contributed by atoms with Gasteiger partial charge in [-0.25, -0.2) is 4.98 Å². The second-order valence-electron chi connectivity index (χ2n) is 9.27. The number of amides is 1. The highest BCUT2D eigenvalue weighted by Crippen LogP contribution is 2.37. The molecule has 162 valence electrons. The number of aryl methyl sites for hydroxylation is 2. The number of piperidine rings is 1. The number of rotatable bonds is 4. The fraction of sp³-hybridized carbons (Fsp3) is 0.696. The minimum absolute atomic E-state index is 0.146. The van der Waals surface area contributed by atoms with Crippen LogP contribution in [0.3, 0.4) is 0 Å². The number of carbonyl (C=O) groups is 1. The van der Waals surface area contributed by atoms with Gasteiger partial charge in [-0.3, -0.25) is 14.2 Å². The van der Waals surface area contributed by atoms with Crippen molar-refractivity contribution in [3.63, 3.8) is 0 Å². The van der Waals surface area contributed by atoms with E-state index in [1.54, 1.807) is 11.3 Å². The molecule has 0 N–H and O–H groups in total. The second-order valence-corrected chi connectivity index (χ2v) is 11.3. The van der Waals surface area contributed by atoms with Crippen LogP contribution in [0.4, 0.5) is 0 Å². The molecular weight excluding hydrogens is 414 g/mol. The zero-order chi connectivity index (χ0) is 20.7. The van der Waals surface area contributed by atoms with Gasteiger partial charge in [-0.05, 0) is 62.8 Å². The quantitative estimate of drug-likeness (QED) is 0.501. The van der Waals surface area contributed by atoms with Gasteiger partial charge in [0, 0.05) is 24.0 Å². The van der Waals surface area contributed by atoms with E-state index in [2.05, 4.69) is 6.92 Å². The highest BCUT2D eigenvalue weighted by molar-refractivity contribution is 7.99. The molecule has 0 aromatic carbocycles. The predicted octanol–water partition coefficient (Wildman–Crippen LogP) is 4.80. The van der Waals surface area contributed by atoms with Crippen molar-refractivity contribution in [1.82, 2.24) is 14.5 Å². The summed E-state index contributed by atoms with van der Waals surface area (Å²) in [6.45, 7) is 3.95. The van der Waals surface area contributed by atoms with Crippen molar-refractivity contribution >= 4 is 39.2 Å². The zero-order valence-corrected chi connectivity index (χ0v) is 19.5. The number of hydrogen-bond donors (Lipinski definition) is 0. The molecule has 3 aliphatic rings. The Balaban J connectivity index is 1.48. The van der Waals surface area contributed by atoms with E-state index in [1.807, 2.05) is 9.47 Å². The Bertz CT molecular complexity index is 1010. The summed E-state index contributed by atoms with van der Waals surface area (Å²) in [5.74, 6) is 1.14. The number of thiophene rings is 1. The van der Waals surface area contributed by atoms with E-state index in [4.69, 9.17) is 4.98 Å². The molecule has 2 fully saturated rings. The summed E-state index contributed by atoms with van der Waals surface area (Å²) in [7, 11) is 0. The van der Waals surface area contributed by atoms with Crippen LogP contribution in [0.15, 0.2) is 9.95 Å². The SMILES string of the molecule is C[C@@H]1CCCN(C(=O)CSc2nc3sc4c(c3c(=O)n2C2CCCC2)CCCC4)C1. The lowest BCUT2D eigenvalue weighted by Gasteiger charge is -2.31. The van der Waals surface area contributed by atoms with Gasteiger partial charge >= 0.3 is 0 Å². The molecule has 1 saturated carbocycles. The normalized spacial score (nSPS) is 22.6. The van der Waals surface area contributed by atoms with Gasteiger partial charge in [-0.2, -0.15) is 0 Å². The summed E-state index contributed by atoms with van der Waals surface area (Å²) in [6, 6.07) is 0.237. The van der Waals surface area contributed by atoms with Crippen molar-refractivity contribution in [2.75, 3.05) is 18.8 Å². The third-order valence-electron chi connectivity index (χ3n) is 7.01. The van der Waals surface area contributed by atoms with E-state index >= 15 is 0 Å². The second kappa shape index (κ2) is 8.65. The van der Waals surface area contributed by atoms with Gasteiger partial charge in [0.2, 0.25) is 5.91 Å². The number of thioether (sulfide) groups is 1. The molecule has 5 nitrogen and oxygen atoms in total. The summed E-state index contributed by atoms with van der Waals surface area (Å²) < 4.78 is 1.97. The molecule has 0 bridgehead atoms. The molecular formula is C23H31N3O2S2. The summed E-state index contributed by atoms with van der Waals surface area (Å²) in [5.41, 5.74) is 1.41. The third-order valence-corrected chi connectivity index (χ3v) is 9.14. The van der Waals surface area contributed by atoms with Gasteiger partial charge in [0.15, 0.2) is 5.16 Å². The van der Waals surface area contributed by atoms with E-state index in [0.29, 0.717) is 11.7 Å². The van der Waals surface area contributed by atoms with Crippen molar-refractivity contribution in [2.24, 2.45) is 5.92 Å². The van der Waals surface area contributed by atoms with E-state index in [9.17, 15) is 9.59 Å². The summed E-state index contributed by atoms with van der Waals surface area (Å²) in [5, 5.41) is 1.64. The first-order valence-corrected chi connectivity index (χ1v) is 13.4. The Morgan fingerprint density at radius 2 is 1.93 bits per heavy atom. The van der Waals surface area contributed by atoms with Gasteiger partial charge in [-0.15, -0.1) is 11.3 Å². The van der Waals surface area contributed by atoms with E-state index in [0.717, 1.165) is 60.6 Å². The fourth-order valence-corrected chi connectivity index (χ4v) is 7.69. The molecule has 30 heavy (non-hydrogen) atoms. The Morgan fingerprint density at radius 3 is 2.73 bits per heavy atom. The lowest BCUT2D eigenvalue weighted by molar-refractivity contribution is -0.130. The summed E-state index contributed by atoms with van der Waals surface area (Å²) in [4.78, 5) is 35.8. The van der Waals surface area contributed by atoms with Crippen molar-refractivity contribution in [1.29, 1.82) is 0 Å². The molecule has 2 aromatic rings. The average molecular weight is 446 g/mol. The third kappa shape index (κ3) is 3.83. The molecule has 7 heteroatoms. The van der Waals surface area contributed by atoms with Crippen LogP contribution < -0.4 is 5.56 Å². The summed E-state index contributed by atoms with van der Waals surface area (Å²) >= 11 is 3.19. The number of likely N-dealkylation sites (tertiary alicyclic amines) is 1. The van der Waals surface area contributed by atoms with Gasteiger partial charge in [-0.1, -0.05) is 31.5 Å². The zero-order valence-electron chi connectivity index (χ0n) is 17.8. The first-order chi connectivity index (χ1) is 14.6. The van der Waals surface area contributed by atoms with Crippen LogP contribution in [-0.4, -0.2) is 39.2 Å². The number of hydrogen-bond acceptors (Lipinski definition) is 5. The molecule has 2 aromatic heterocycles. The molecule has 0 spiro atoms. The Morgan fingerprint density at radius 1 is 1.13 bits per heavy atom. The van der Waals surface area contributed by atoms with Crippen molar-refractivity contribution in [2.45, 2.75) is 82.3 Å². The molecule has 5 rings (SSSR count). The number of aromatic nitrogens is 2. The van der Waals surface area contributed by atoms with Gasteiger partial charge in [0.1, 0.15) is 4.83 Å². The smallest absolute Gasteiger partial charge is 0.263 e. The maximum Gasteiger partial charge on any atom is 0.263 e. The minimum atomic E-state index is 0.146. The molecule has 0 unspecified atom stereocenters. The highest BCUT2D eigenvalue weighted by atomic mass is 32.2. The number of nitrogens with zero attached hydrogens (tertiary/aromatic N) is 3. The Hall–Kier alpha value is -1.34. The topological polar surface area (TPSA) is 55.2 Å². The van der Waals surface area contributed by atoms with Crippen LogP contribution in [-0.2, 0) is 17.6 Å². The lowest BCUT2D eigenvalue weighted by atomic mass is 9.97. The van der Waals surface area contributed by atoms with Gasteiger partial charge < -0.3 is 4.90 Å². The molecule has 1 amide bonds. The standard InChI is InChI=1S/C23H31N3O2S2/c1-15-7-6-12-25(13-15)19(27)14-29-23-24-21-20(17-10-4-5-11-18(17)30-21)22(28)26(23)16-8-2-3-9-16/h15-16H,2-14H2,1H3/t15-/m1/s1. The largest absolute Gasteiger partial charge is 0.342 e. The van der Waals surface area contributed by atoms with Crippen LogP contribution in [0.5, 0.6) is 0 Å². The molecule has 1 saturated heterocycles. The van der Waals surface area contributed by atoms with Crippen LogP contribution >= 0.6 is 23.1 Å². The summed E-state index contributed by atoms with van der Waals surface area (Å²) in [6.07, 6.45) is 11.2. The molecule has 3 heterocycles. The van der Waals surface area contributed by atoms with Crippen molar-refractivity contribution < 1.29 is 4.79 Å². The van der Waals surface area contributed by atoms with E-state index in [-0.39, 0.29) is 17.5 Å². The predicted molar refractivity (Wildman–Crippen MR) is 124 cm³/mol. The van der Waals surface area contributed by atoms with E-state index < -0.39 is 0 Å². The molecule has 1 atom stereocenters. The van der Waals surface area contributed by atoms with Crippen LogP contribution in [0.2, 0.25) is 0 Å². The molecule has 0 radical (unpaired) electrons. The monoisotopic (exact) mass is 445 g/mol. The average Bonchev–Trinajstić information content (AvgIpc) is 3.39. The molecule has 1 aliphatic heterocycles. The Kier molecular flexibility index (Phi) is 5.93. The first kappa shape index (κ1) is 20.6. The van der Waals surface area contributed by atoms with E-state index in [1.165, 1.54) is 54.3 Å². The van der Waals surface area contributed by atoms with Crippen LogP contribution in [0, 0.1) is 5.92 Å². The fourth-order valence-electron chi connectivity index (χ4n) is 5.42. The van der Waals surface area contributed by atoms with Gasteiger partial charge in [0.25, 0.3) is 5.56 Å². The van der Waals surface area contributed by atoms with Crippen molar-refractivity contribution in [3.8, 4) is 0 Å². The number of fused-ring (bicyclic) bond motifs is 3. The first-order valence-electron chi connectivity index (χ1n) is 11.6. The van der Waals surface area contributed by atoms with Crippen LogP contribution in [0.25, 0.3) is 10.2 Å². The number of carbonyl (C=O) groups excluding carboxylic acids is 1. The van der Waals surface area contributed by atoms with Crippen LogP contribution in [0.1, 0.15) is 74.8 Å². The molecule has 2 aliphatic carbocycles. The highest BCUT2D eigenvalue weighted by Gasteiger charge is 2.28.